The third kappa shape index (κ3) is 5.93. The van der Waals surface area contributed by atoms with Crippen LogP contribution in [0.15, 0.2) is 31.0 Å². The van der Waals surface area contributed by atoms with Crippen LogP contribution in [0.2, 0.25) is 0 Å². The maximum Gasteiger partial charge on any atom is 0.404 e. The Hall–Kier alpha value is -3.99. The van der Waals surface area contributed by atoms with E-state index in [1.165, 1.54) is 6.20 Å². The second kappa shape index (κ2) is 10.5. The quantitative estimate of drug-likeness (QED) is 0.469. The van der Waals surface area contributed by atoms with Crippen LogP contribution in [-0.4, -0.2) is 64.4 Å². The van der Waals surface area contributed by atoms with Gasteiger partial charge in [-0.05, 0) is 49.5 Å². The van der Waals surface area contributed by atoms with Crippen LogP contribution in [0, 0.1) is 0 Å². The van der Waals surface area contributed by atoms with Crippen molar-refractivity contribution in [1.82, 2.24) is 20.3 Å². The predicted octanol–water partition coefficient (Wildman–Crippen LogP) is 2.79. The van der Waals surface area contributed by atoms with Gasteiger partial charge in [0.05, 0.1) is 24.6 Å². The first-order valence-corrected chi connectivity index (χ1v) is 11.4. The van der Waals surface area contributed by atoms with E-state index in [1.807, 2.05) is 30.0 Å². The number of nitrogens with zero attached hydrogens (tertiary/aromatic N) is 4. The van der Waals surface area contributed by atoms with E-state index >= 15 is 0 Å². The summed E-state index contributed by atoms with van der Waals surface area (Å²) in [5.74, 6) is -0.0119. The lowest BCUT2D eigenvalue weighted by Crippen LogP contribution is -2.48. The molecule has 0 unspecified atom stereocenters. The van der Waals surface area contributed by atoms with Gasteiger partial charge in [0.1, 0.15) is 11.4 Å². The smallest absolute Gasteiger partial charge is 0.404 e. The molecular formula is C24H29N7O4. The molecule has 2 aliphatic rings. The van der Waals surface area contributed by atoms with Crippen LogP contribution in [0.25, 0.3) is 11.1 Å². The number of piperidine rings is 1. The van der Waals surface area contributed by atoms with Crippen LogP contribution in [0.1, 0.15) is 47.9 Å². The molecule has 2 aromatic rings. The molecule has 0 bridgehead atoms. The molecule has 0 saturated carbocycles. The number of nitrogens with one attached hydrogen (secondary N) is 2. The molecule has 0 aromatic carbocycles. The molecular weight excluding hydrogens is 450 g/mol. The minimum absolute atomic E-state index is 0.145. The lowest BCUT2D eigenvalue weighted by atomic mass is 10.0. The second-order valence-corrected chi connectivity index (χ2v) is 8.62. The zero-order valence-electron chi connectivity index (χ0n) is 19.6. The van der Waals surface area contributed by atoms with Crippen molar-refractivity contribution >= 4 is 40.6 Å². The van der Waals surface area contributed by atoms with Gasteiger partial charge in [-0.2, -0.15) is 4.98 Å². The van der Waals surface area contributed by atoms with E-state index in [-0.39, 0.29) is 17.4 Å². The molecule has 0 radical (unpaired) electrons. The van der Waals surface area contributed by atoms with Crippen molar-refractivity contribution in [3.8, 4) is 0 Å². The highest BCUT2D eigenvalue weighted by Crippen LogP contribution is 2.28. The fourth-order valence-electron chi connectivity index (χ4n) is 4.13. The molecule has 1 atom stereocenters. The van der Waals surface area contributed by atoms with Crippen LogP contribution in [0.5, 0.6) is 0 Å². The Labute approximate surface area is 203 Å². The Kier molecular flexibility index (Phi) is 7.25. The monoisotopic (exact) mass is 479 g/mol. The Bertz CT molecular complexity index is 1180. The number of carboxylic acid groups (broad SMARTS) is 1. The number of allylic oxidation sites excluding steroid dienone is 1. The fourth-order valence-corrected chi connectivity index (χ4v) is 4.13. The van der Waals surface area contributed by atoms with E-state index in [0.29, 0.717) is 43.6 Å². The number of amides is 2. The SMILES string of the molecule is C=C(C)c1cc(Nc2nc(N3CCC[C@H](NC(=O)O)C3)ncc2C(N)=O)cc(C2=CCOCC2)n1. The third-order valence-corrected chi connectivity index (χ3v) is 5.89. The zero-order valence-corrected chi connectivity index (χ0v) is 19.6. The molecule has 1 fully saturated rings. The van der Waals surface area contributed by atoms with Crippen molar-refractivity contribution in [1.29, 1.82) is 0 Å². The molecule has 1 saturated heterocycles. The molecule has 2 aliphatic heterocycles. The molecule has 4 rings (SSSR count). The summed E-state index contributed by atoms with van der Waals surface area (Å²) in [4.78, 5) is 38.7. The van der Waals surface area contributed by atoms with E-state index in [0.717, 1.165) is 36.1 Å². The summed E-state index contributed by atoms with van der Waals surface area (Å²) in [6.07, 6.45) is 4.60. The van der Waals surface area contributed by atoms with Crippen molar-refractivity contribution in [2.45, 2.75) is 32.2 Å². The van der Waals surface area contributed by atoms with E-state index in [4.69, 9.17) is 20.6 Å². The molecule has 11 nitrogen and oxygen atoms in total. The van der Waals surface area contributed by atoms with Crippen molar-refractivity contribution in [3.05, 3.63) is 47.9 Å². The number of primary amides is 1. The van der Waals surface area contributed by atoms with Gasteiger partial charge in [0.25, 0.3) is 5.91 Å². The second-order valence-electron chi connectivity index (χ2n) is 8.62. The summed E-state index contributed by atoms with van der Waals surface area (Å²) in [6.45, 7) is 8.16. The minimum Gasteiger partial charge on any atom is -0.465 e. The summed E-state index contributed by atoms with van der Waals surface area (Å²) in [7, 11) is 0. The molecule has 2 amide bonds. The first-order chi connectivity index (χ1) is 16.8. The zero-order chi connectivity index (χ0) is 24.9. The third-order valence-electron chi connectivity index (χ3n) is 5.89. The Morgan fingerprint density at radius 3 is 2.83 bits per heavy atom. The van der Waals surface area contributed by atoms with Gasteiger partial charge in [-0.25, -0.2) is 14.8 Å². The Balaban J connectivity index is 1.67. The van der Waals surface area contributed by atoms with Crippen LogP contribution in [-0.2, 0) is 4.74 Å². The van der Waals surface area contributed by atoms with E-state index in [9.17, 15) is 9.59 Å². The number of carbonyl (C=O) groups is 2. The van der Waals surface area contributed by atoms with Gasteiger partial charge in [0.15, 0.2) is 0 Å². The van der Waals surface area contributed by atoms with Gasteiger partial charge in [0.2, 0.25) is 5.95 Å². The number of aromatic nitrogens is 3. The number of hydrogen-bond donors (Lipinski definition) is 4. The van der Waals surface area contributed by atoms with E-state index in [2.05, 4.69) is 27.2 Å². The van der Waals surface area contributed by atoms with Crippen LogP contribution in [0.4, 0.5) is 22.2 Å². The van der Waals surface area contributed by atoms with Crippen molar-refractivity contribution < 1.29 is 19.4 Å². The van der Waals surface area contributed by atoms with E-state index in [1.54, 1.807) is 0 Å². The molecule has 5 N–H and O–H groups in total. The standard InChI is InChI=1S/C24H29N7O4/c1-14(2)19-10-17(11-20(29-19)15-5-8-35-9-6-15)27-22-18(21(25)32)12-26-23(30-22)31-7-3-4-16(13-31)28-24(33)34/h5,10-12,16,28H,1,3-4,6-9,13H2,2H3,(H2,25,32)(H,33,34)(H,26,27,29,30)/t16-/m0/s1. The Morgan fingerprint density at radius 2 is 2.14 bits per heavy atom. The number of ether oxygens (including phenoxy) is 1. The normalized spacial score (nSPS) is 17.9. The summed E-state index contributed by atoms with van der Waals surface area (Å²) < 4.78 is 5.42. The van der Waals surface area contributed by atoms with Gasteiger partial charge in [-0.15, -0.1) is 0 Å². The van der Waals surface area contributed by atoms with Crippen LogP contribution < -0.4 is 21.3 Å². The highest BCUT2D eigenvalue weighted by molar-refractivity contribution is 5.98. The minimum atomic E-state index is -1.06. The molecule has 184 valence electrons. The summed E-state index contributed by atoms with van der Waals surface area (Å²) >= 11 is 0. The van der Waals surface area contributed by atoms with Gasteiger partial charge in [0, 0.05) is 31.0 Å². The number of rotatable bonds is 7. The largest absolute Gasteiger partial charge is 0.465 e. The number of nitrogens with two attached hydrogens (primary N) is 1. The van der Waals surface area contributed by atoms with Crippen LogP contribution in [0.3, 0.4) is 0 Å². The number of anilines is 3. The highest BCUT2D eigenvalue weighted by atomic mass is 16.5. The molecule has 0 aliphatic carbocycles. The summed E-state index contributed by atoms with van der Waals surface area (Å²) in [6, 6.07) is 3.50. The lowest BCUT2D eigenvalue weighted by molar-refractivity contribution is 0.100. The topological polar surface area (TPSA) is 156 Å². The average Bonchev–Trinajstić information content (AvgIpc) is 2.84. The first kappa shape index (κ1) is 24.1. The molecule has 11 heteroatoms. The summed E-state index contributed by atoms with van der Waals surface area (Å²) in [5, 5.41) is 14.8. The Morgan fingerprint density at radius 1 is 1.31 bits per heavy atom. The van der Waals surface area contributed by atoms with Crippen molar-refractivity contribution in [2.24, 2.45) is 5.73 Å². The maximum absolute atomic E-state index is 12.1. The predicted molar refractivity (Wildman–Crippen MR) is 133 cm³/mol. The maximum atomic E-state index is 12.1. The lowest BCUT2D eigenvalue weighted by Gasteiger charge is -2.32. The van der Waals surface area contributed by atoms with Gasteiger partial charge < -0.3 is 31.1 Å². The average molecular weight is 480 g/mol. The fraction of sp³-hybridized carbons (Fsp3) is 0.375. The first-order valence-electron chi connectivity index (χ1n) is 11.4. The van der Waals surface area contributed by atoms with Gasteiger partial charge in [-0.1, -0.05) is 12.7 Å². The van der Waals surface area contributed by atoms with Crippen LogP contribution >= 0.6 is 0 Å². The molecule has 4 heterocycles. The molecule has 2 aromatic heterocycles. The van der Waals surface area contributed by atoms with E-state index < -0.39 is 12.0 Å². The van der Waals surface area contributed by atoms with Crippen molar-refractivity contribution in [2.75, 3.05) is 36.5 Å². The van der Waals surface area contributed by atoms with Gasteiger partial charge in [-0.3, -0.25) is 4.79 Å². The number of pyridine rings is 1. The molecule has 35 heavy (non-hydrogen) atoms. The highest BCUT2D eigenvalue weighted by Gasteiger charge is 2.24. The van der Waals surface area contributed by atoms with Gasteiger partial charge >= 0.3 is 6.09 Å². The molecule has 0 spiro atoms. The number of carbonyl (C=O) groups excluding carboxylic acids is 1. The number of hydrogen-bond acceptors (Lipinski definition) is 8. The van der Waals surface area contributed by atoms with Crippen molar-refractivity contribution in [3.63, 3.8) is 0 Å². The summed E-state index contributed by atoms with van der Waals surface area (Å²) in [5.41, 5.74) is 9.81.